The third-order valence-electron chi connectivity index (χ3n) is 13.5. The van der Waals surface area contributed by atoms with Crippen molar-refractivity contribution in [2.45, 2.75) is 167 Å². The molecule has 0 saturated carbocycles. The Morgan fingerprint density at radius 1 is 0.129 bits per heavy atom. The Balaban J connectivity index is -0.000000207. The van der Waals surface area contributed by atoms with Crippen LogP contribution in [0.4, 0.5) is 0 Å². The van der Waals surface area contributed by atoms with Crippen molar-refractivity contribution in [2.24, 2.45) is 0 Å². The van der Waals surface area contributed by atoms with Crippen LogP contribution in [0, 0.1) is 0 Å². The Bertz CT molecular complexity index is 1850. The lowest BCUT2D eigenvalue weighted by atomic mass is 10.3. The molecule has 36 nitrogen and oxygen atoms in total. The van der Waals surface area contributed by atoms with Gasteiger partial charge >= 0.3 is 0 Å². The number of rotatable bonds is 80. The summed E-state index contributed by atoms with van der Waals surface area (Å²) in [6, 6.07) is 0. The summed E-state index contributed by atoms with van der Waals surface area (Å²) in [6.45, 7) is -3.54. The molecular weight excluding hydrogens is 1950 g/mol. The Hall–Kier alpha value is 4.16. The number of aliphatic hydroxyl groups excluding tert-OH is 36. The number of thioether (sulfide) groups is 14. The van der Waals surface area contributed by atoms with E-state index in [-0.39, 0.29) is 117 Å². The maximum Gasteiger partial charge on any atom is 0.0897 e. The van der Waals surface area contributed by atoms with E-state index in [0.717, 1.165) is 83.9 Å². The summed E-state index contributed by atoms with van der Waals surface area (Å²) in [5, 5.41) is 320. The van der Waals surface area contributed by atoms with E-state index < -0.39 is 122 Å². The average Bonchev–Trinajstić information content (AvgIpc) is 0.958. The smallest absolute Gasteiger partial charge is 0.0897 e. The van der Waals surface area contributed by atoms with Gasteiger partial charge in [0.05, 0.1) is 228 Å². The normalized spacial score (nSPS) is 16.2. The first-order valence-corrected chi connectivity index (χ1v) is 58.6. The van der Waals surface area contributed by atoms with Crippen molar-refractivity contribution in [3.8, 4) is 0 Å². The van der Waals surface area contributed by atoms with Gasteiger partial charge in [-0.25, -0.2) is 0 Å². The molecule has 52 heteroatoms. The van der Waals surface area contributed by atoms with Crippen LogP contribution in [0.5, 0.6) is 0 Å². The number of hydrogen-bond donors (Lipinski definition) is 36. The fourth-order valence-electron chi connectivity index (χ4n) is 6.56. The molecule has 0 aliphatic heterocycles. The second-order valence-electron chi connectivity index (χ2n) is 26.4. The van der Waals surface area contributed by atoms with Gasteiger partial charge in [0.2, 0.25) is 0 Å². The maximum atomic E-state index is 9.59. The van der Waals surface area contributed by atoms with E-state index in [1.807, 2.05) is 0 Å². The molecule has 0 aromatic heterocycles. The van der Waals surface area contributed by atoms with E-state index in [1.165, 1.54) is 116 Å². The molecule has 36 N–H and O–H groups in total. The molecule has 0 bridgehead atoms. The Morgan fingerprint density at radius 2 is 0.282 bits per heavy atom. The molecule has 0 amide bonds. The highest BCUT2D eigenvalue weighted by Crippen LogP contribution is 2.23. The molecule has 760 valence electrons. The second-order valence-corrected chi connectivity index (χ2v) is 44.8. The molecule has 0 aromatic carbocycles. The van der Waals surface area contributed by atoms with Crippen LogP contribution in [0.3, 0.4) is 0 Å². The van der Waals surface area contributed by atoms with Crippen molar-refractivity contribution in [3.05, 3.63) is 0 Å². The lowest BCUT2D eigenvalue weighted by Crippen LogP contribution is -2.31. The molecule has 0 aliphatic carbocycles. The summed E-state index contributed by atoms with van der Waals surface area (Å²) in [4.78, 5) is 0. The third kappa shape index (κ3) is 126. The minimum absolute atomic E-state index is 0.156. The van der Waals surface area contributed by atoms with Crippen LogP contribution in [-0.2, 0) is 0 Å². The summed E-state index contributed by atoms with van der Waals surface area (Å²) < 4.78 is 0. The van der Waals surface area contributed by atoms with Crippen molar-refractivity contribution in [3.63, 3.8) is 0 Å². The molecule has 0 fully saturated rings. The average molecular weight is 2120 g/mol. The van der Waals surface area contributed by atoms with Gasteiger partial charge < -0.3 is 184 Å². The van der Waals surface area contributed by atoms with Crippen molar-refractivity contribution < 1.29 is 184 Å². The molecule has 0 radical (unpaired) electrons. The third-order valence-corrected chi connectivity index (χ3v) is 33.1. The largest absolute Gasteiger partial charge is 0.394 e. The van der Waals surface area contributed by atoms with Gasteiger partial charge in [-0.15, -0.1) is 23.5 Å². The number of aliphatic hydroxyl groups is 36. The lowest BCUT2D eigenvalue weighted by Gasteiger charge is -2.18. The van der Waals surface area contributed by atoms with Gasteiger partial charge in [-0.3, -0.25) is 0 Å². The van der Waals surface area contributed by atoms with Gasteiger partial charge in [0.25, 0.3) is 0 Å². The lowest BCUT2D eigenvalue weighted by molar-refractivity contribution is 0.0496. The molecule has 0 heterocycles. The molecule has 0 aromatic rings. The molecule has 0 aliphatic rings. The van der Waals surface area contributed by atoms with Crippen LogP contribution < -0.4 is 0 Å². The summed E-state index contributed by atoms with van der Waals surface area (Å²) >= 11 is 21.0. The highest BCUT2D eigenvalue weighted by atomic mass is 33.1. The molecular formula is C72H160O36S16. The second kappa shape index (κ2) is 116. The van der Waals surface area contributed by atoms with Crippen LogP contribution >= 0.6 is 186 Å². The van der Waals surface area contributed by atoms with E-state index >= 15 is 0 Å². The van der Waals surface area contributed by atoms with Gasteiger partial charge in [0.1, 0.15) is 0 Å². The summed E-state index contributed by atoms with van der Waals surface area (Å²) in [5.41, 5.74) is 0. The Morgan fingerprint density at radius 3 is 0.500 bits per heavy atom. The Kier molecular flexibility index (Phi) is 134. The molecule has 0 rings (SSSR count). The minimum Gasteiger partial charge on any atom is -0.394 e. The van der Waals surface area contributed by atoms with E-state index in [1.54, 1.807) is 70.6 Å². The summed E-state index contributed by atoms with van der Waals surface area (Å²) in [6.07, 6.45) is -6.45. The molecule has 0 saturated heterocycles. The van der Waals surface area contributed by atoms with Crippen molar-refractivity contribution in [1.29, 1.82) is 0 Å². The maximum absolute atomic E-state index is 9.59. The van der Waals surface area contributed by atoms with Crippen LogP contribution in [0.1, 0.15) is 44.9 Å². The van der Waals surface area contributed by atoms with Crippen LogP contribution in [0.2, 0.25) is 0 Å². The number of unbranched alkanes of at least 4 members (excludes halogenated alkanes) is 3. The quantitative estimate of drug-likeness (QED) is 0.0153. The zero-order valence-corrected chi connectivity index (χ0v) is 84.0. The minimum atomic E-state index is -0.917. The monoisotopic (exact) mass is 2110 g/mol. The summed E-state index contributed by atoms with van der Waals surface area (Å²) in [7, 11) is 2.73. The van der Waals surface area contributed by atoms with E-state index in [4.69, 9.17) is 163 Å². The standard InChI is InChI=1S/C11H24O4S2.C10H22O6S2.C10H22O5S2.C10H22O4S2.C9H20O5S2.C9H20O4S2.C7H16O4S2.C6H14O4S2/c12-6-10(14)8-16-4-2-1-3-5-17-9-11(15)7-13;11-1-7(13)3-17-5-9(15)10(16)6-18-4-8(14)2-12;11-3-9(14)6-16-2-1-8(13)5-17-7-10(15)4-12;11-5-9(13)7-15-3-1-2-4-16-8-10(14)6-12;10-1-7(12)3-15-5-9(14)6-16-4-8(13)2-11;10-4-8(12)6-14-2-1-3-15-7-9(13)5-11;8-1-6(10)3-12-5-13-4-7(11)2-9;7-1-5(9)3-11-12-4-6(10)2-8/h10-15H,1-9H2;7-16H,1-6H2;8-15H,1-7H2;9-14H,1-8H2;7-14H,1-6H2;8-13H,1-7H2;6-11H,1-5H2;5-10H,1-4H2. The van der Waals surface area contributed by atoms with Gasteiger partial charge in [-0.1, -0.05) is 28.0 Å². The Labute approximate surface area is 802 Å². The van der Waals surface area contributed by atoms with Gasteiger partial charge in [-0.2, -0.15) is 141 Å². The van der Waals surface area contributed by atoms with Crippen LogP contribution in [0.15, 0.2) is 0 Å². The molecule has 0 spiro atoms. The highest BCUT2D eigenvalue weighted by Gasteiger charge is 2.19. The van der Waals surface area contributed by atoms with E-state index in [9.17, 15) is 20.4 Å². The fraction of sp³-hybridized carbons (Fsp3) is 1.00. The van der Waals surface area contributed by atoms with Gasteiger partial charge in [0.15, 0.2) is 0 Å². The SMILES string of the molecule is OCC(O)CSCC(O)C(O)CSCC(O)CO.OCC(O)CSCC(O)CSCC(O)CO.OCC(O)CSCCC(O)CSCC(O)CO.OCC(O)CSCCCCCSCC(O)CO.OCC(O)CSCCCCSCC(O)CO.OCC(O)CSCCCSCC(O)CO.OCC(O)CSCSCC(O)CO.OCC(O)CSSCC(O)CO. The molecule has 124 heavy (non-hydrogen) atoms. The zero-order chi connectivity index (χ0) is 95.6. The first kappa shape index (κ1) is 144. The first-order valence-electron chi connectivity index (χ1n) is 39.9. The predicted molar refractivity (Wildman–Crippen MR) is 528 cm³/mol. The number of hydrogen-bond acceptors (Lipinski definition) is 52. The first-order chi connectivity index (χ1) is 59.2. The fourth-order valence-corrected chi connectivity index (χ4v) is 22.4. The van der Waals surface area contributed by atoms with Crippen LogP contribution in [-0.4, -0.2) is 578 Å². The predicted octanol–water partition coefficient (Wildman–Crippen LogP) is -6.68. The zero-order valence-electron chi connectivity index (χ0n) is 70.9. The van der Waals surface area contributed by atoms with Gasteiger partial charge in [0, 0.05) is 126 Å². The van der Waals surface area contributed by atoms with Crippen LogP contribution in [0.25, 0.3) is 0 Å². The van der Waals surface area contributed by atoms with E-state index in [2.05, 4.69) is 0 Å². The topological polar surface area (TPSA) is 728 Å². The highest BCUT2D eigenvalue weighted by molar-refractivity contribution is 8.76. The van der Waals surface area contributed by atoms with E-state index in [0.29, 0.717) is 116 Å². The van der Waals surface area contributed by atoms with Gasteiger partial charge in [-0.05, 0) is 78.8 Å². The molecule has 19 unspecified atom stereocenters. The molecule has 19 atom stereocenters. The summed E-state index contributed by atoms with van der Waals surface area (Å²) in [5.74, 6) is 16.3. The van der Waals surface area contributed by atoms with Crippen molar-refractivity contribution in [1.82, 2.24) is 0 Å². The van der Waals surface area contributed by atoms with Crippen molar-refractivity contribution >= 4 is 186 Å². The van der Waals surface area contributed by atoms with Crippen molar-refractivity contribution in [2.75, 3.05) is 272 Å².